The van der Waals surface area contributed by atoms with E-state index in [2.05, 4.69) is 23.1 Å². The van der Waals surface area contributed by atoms with Crippen LogP contribution in [0, 0.1) is 17.7 Å². The van der Waals surface area contributed by atoms with Crippen LogP contribution in [-0.4, -0.2) is 18.0 Å². The largest absolute Gasteiger partial charge is 0.351 e. The van der Waals surface area contributed by atoms with E-state index in [0.717, 1.165) is 18.4 Å². The minimum atomic E-state index is -0.259. The molecule has 1 aliphatic heterocycles. The number of fused-ring (bicyclic) bond motifs is 1. The Balaban J connectivity index is 1.56. The van der Waals surface area contributed by atoms with Crippen LogP contribution in [0.25, 0.3) is 0 Å². The molecule has 4 nitrogen and oxygen atoms in total. The lowest BCUT2D eigenvalue weighted by molar-refractivity contribution is -0.124. The van der Waals surface area contributed by atoms with Crippen molar-refractivity contribution in [2.24, 2.45) is 11.8 Å². The molecule has 0 spiro atoms. The van der Waals surface area contributed by atoms with Crippen molar-refractivity contribution in [2.75, 3.05) is 0 Å². The highest BCUT2D eigenvalue weighted by atomic mass is 19.1. The van der Waals surface area contributed by atoms with Gasteiger partial charge in [0.15, 0.2) is 0 Å². The zero-order chi connectivity index (χ0) is 14.8. The van der Waals surface area contributed by atoms with E-state index in [9.17, 15) is 9.18 Å². The van der Waals surface area contributed by atoms with Gasteiger partial charge in [-0.25, -0.2) is 9.82 Å². The molecule has 3 rings (SSSR count). The highest BCUT2D eigenvalue weighted by molar-refractivity contribution is 5.82. The minimum absolute atomic E-state index is 0.0217. The minimum Gasteiger partial charge on any atom is -0.351 e. The number of rotatable bonds is 3. The van der Waals surface area contributed by atoms with E-state index in [1.165, 1.54) is 18.6 Å². The maximum Gasteiger partial charge on any atom is 0.239 e. The van der Waals surface area contributed by atoms with Crippen molar-refractivity contribution in [2.45, 2.75) is 44.8 Å². The first-order valence-electron chi connectivity index (χ1n) is 7.66. The second kappa shape index (κ2) is 6.12. The Kier molecular flexibility index (Phi) is 4.22. The van der Waals surface area contributed by atoms with Crippen LogP contribution >= 0.6 is 0 Å². The number of hydrazine groups is 1. The fraction of sp³-hybridized carbons (Fsp3) is 0.562. The van der Waals surface area contributed by atoms with Crippen LogP contribution in [-0.2, 0) is 11.3 Å². The molecule has 2 aliphatic rings. The van der Waals surface area contributed by atoms with Gasteiger partial charge in [0.1, 0.15) is 11.9 Å². The first kappa shape index (κ1) is 14.5. The third-order valence-electron chi connectivity index (χ3n) is 4.68. The first-order valence-corrected chi connectivity index (χ1v) is 7.66. The van der Waals surface area contributed by atoms with Crippen LogP contribution in [0.15, 0.2) is 24.3 Å². The lowest BCUT2D eigenvalue weighted by atomic mass is 9.76. The van der Waals surface area contributed by atoms with Crippen molar-refractivity contribution in [3.8, 4) is 0 Å². The standard InChI is InChI=1S/C16H22FN3O/c1-10-2-7-14-13(8-10)15(20-19-14)16(21)18-9-11-3-5-12(17)6-4-11/h3-6,10,13-15,19-20H,2,7-9H2,1H3,(H,18,21). The van der Waals surface area contributed by atoms with Gasteiger partial charge in [0.25, 0.3) is 0 Å². The Hall–Kier alpha value is -1.46. The maximum absolute atomic E-state index is 12.8. The number of amides is 1. The molecule has 1 aliphatic carbocycles. The van der Waals surface area contributed by atoms with E-state index in [0.29, 0.717) is 24.4 Å². The number of benzene rings is 1. The van der Waals surface area contributed by atoms with Crippen molar-refractivity contribution in [1.29, 1.82) is 0 Å². The number of halogens is 1. The molecule has 1 amide bonds. The summed E-state index contributed by atoms with van der Waals surface area (Å²) in [6.45, 7) is 2.69. The van der Waals surface area contributed by atoms with Crippen LogP contribution < -0.4 is 16.2 Å². The van der Waals surface area contributed by atoms with Crippen molar-refractivity contribution in [3.63, 3.8) is 0 Å². The van der Waals surface area contributed by atoms with Crippen LogP contribution in [0.2, 0.25) is 0 Å². The van der Waals surface area contributed by atoms with Gasteiger partial charge in [-0.1, -0.05) is 19.1 Å². The average Bonchev–Trinajstić information content (AvgIpc) is 2.89. The molecule has 0 aromatic heterocycles. The Bertz CT molecular complexity index is 505. The summed E-state index contributed by atoms with van der Waals surface area (Å²) in [4.78, 5) is 12.4. The summed E-state index contributed by atoms with van der Waals surface area (Å²) in [6, 6.07) is 6.45. The van der Waals surface area contributed by atoms with Gasteiger partial charge in [0, 0.05) is 18.5 Å². The SMILES string of the molecule is CC1CCC2NNC(C(=O)NCc3ccc(F)cc3)C2C1. The molecule has 1 saturated carbocycles. The topological polar surface area (TPSA) is 53.2 Å². The van der Waals surface area contributed by atoms with Crippen LogP contribution in [0.4, 0.5) is 4.39 Å². The molecule has 4 atom stereocenters. The monoisotopic (exact) mass is 291 g/mol. The smallest absolute Gasteiger partial charge is 0.239 e. The van der Waals surface area contributed by atoms with Gasteiger partial charge in [-0.3, -0.25) is 10.2 Å². The second-order valence-electron chi connectivity index (χ2n) is 6.30. The molecule has 4 unspecified atom stereocenters. The van der Waals surface area contributed by atoms with Gasteiger partial charge in [-0.05, 0) is 42.9 Å². The van der Waals surface area contributed by atoms with Crippen molar-refractivity contribution in [1.82, 2.24) is 16.2 Å². The van der Waals surface area contributed by atoms with E-state index in [1.54, 1.807) is 12.1 Å². The van der Waals surface area contributed by atoms with Crippen molar-refractivity contribution >= 4 is 5.91 Å². The molecule has 1 aromatic rings. The molecule has 2 fully saturated rings. The molecule has 114 valence electrons. The van der Waals surface area contributed by atoms with E-state index in [1.807, 2.05) is 0 Å². The lowest BCUT2D eigenvalue weighted by Crippen LogP contribution is -2.45. The fourth-order valence-electron chi connectivity index (χ4n) is 3.44. The summed E-state index contributed by atoms with van der Waals surface area (Å²) >= 11 is 0. The summed E-state index contributed by atoms with van der Waals surface area (Å²) in [5.41, 5.74) is 7.30. The van der Waals surface area contributed by atoms with Crippen LogP contribution in [0.1, 0.15) is 31.7 Å². The van der Waals surface area contributed by atoms with Gasteiger partial charge >= 0.3 is 0 Å². The predicted octanol–water partition coefficient (Wildman–Crippen LogP) is 1.72. The van der Waals surface area contributed by atoms with E-state index < -0.39 is 0 Å². The second-order valence-corrected chi connectivity index (χ2v) is 6.30. The summed E-state index contributed by atoms with van der Waals surface area (Å²) < 4.78 is 12.8. The fourth-order valence-corrected chi connectivity index (χ4v) is 3.44. The summed E-state index contributed by atoms with van der Waals surface area (Å²) in [5, 5.41) is 2.94. The molecular weight excluding hydrogens is 269 g/mol. The van der Waals surface area contributed by atoms with Crippen molar-refractivity contribution < 1.29 is 9.18 Å². The van der Waals surface area contributed by atoms with E-state index in [4.69, 9.17) is 0 Å². The Morgan fingerprint density at radius 1 is 1.29 bits per heavy atom. The summed E-state index contributed by atoms with van der Waals surface area (Å²) in [6.07, 6.45) is 3.43. The summed E-state index contributed by atoms with van der Waals surface area (Å²) in [5.74, 6) is 0.807. The van der Waals surface area contributed by atoms with Crippen LogP contribution in [0.5, 0.6) is 0 Å². The summed E-state index contributed by atoms with van der Waals surface area (Å²) in [7, 11) is 0. The highest BCUT2D eigenvalue weighted by Gasteiger charge is 2.42. The van der Waals surface area contributed by atoms with Gasteiger partial charge in [-0.15, -0.1) is 0 Å². The third kappa shape index (κ3) is 3.24. The van der Waals surface area contributed by atoms with Crippen molar-refractivity contribution in [3.05, 3.63) is 35.6 Å². The van der Waals surface area contributed by atoms with Crippen LogP contribution in [0.3, 0.4) is 0 Å². The number of hydrogen-bond acceptors (Lipinski definition) is 3. The van der Waals surface area contributed by atoms with Gasteiger partial charge in [0.05, 0.1) is 0 Å². The van der Waals surface area contributed by atoms with E-state index >= 15 is 0 Å². The quantitative estimate of drug-likeness (QED) is 0.795. The Labute approximate surface area is 124 Å². The number of hydrogen-bond donors (Lipinski definition) is 3. The first-order chi connectivity index (χ1) is 10.1. The average molecular weight is 291 g/mol. The molecule has 3 N–H and O–H groups in total. The predicted molar refractivity (Wildman–Crippen MR) is 78.6 cm³/mol. The molecular formula is C16H22FN3O. The third-order valence-corrected chi connectivity index (χ3v) is 4.68. The lowest BCUT2D eigenvalue weighted by Gasteiger charge is -2.30. The molecule has 21 heavy (non-hydrogen) atoms. The normalized spacial score (nSPS) is 31.7. The Morgan fingerprint density at radius 3 is 2.81 bits per heavy atom. The molecule has 1 heterocycles. The molecule has 5 heteroatoms. The van der Waals surface area contributed by atoms with Gasteiger partial charge in [0.2, 0.25) is 5.91 Å². The molecule has 1 aromatic carbocycles. The molecule has 0 radical (unpaired) electrons. The zero-order valence-corrected chi connectivity index (χ0v) is 12.2. The van der Waals surface area contributed by atoms with Gasteiger partial charge < -0.3 is 5.32 Å². The maximum atomic E-state index is 12.8. The van der Waals surface area contributed by atoms with Gasteiger partial charge in [-0.2, -0.15) is 0 Å². The highest BCUT2D eigenvalue weighted by Crippen LogP contribution is 2.33. The number of carbonyl (C=O) groups excluding carboxylic acids is 1. The number of carbonyl (C=O) groups is 1. The zero-order valence-electron chi connectivity index (χ0n) is 12.2. The molecule has 0 bridgehead atoms. The number of nitrogens with one attached hydrogen (secondary N) is 3. The Morgan fingerprint density at radius 2 is 2.05 bits per heavy atom. The molecule has 1 saturated heterocycles. The van der Waals surface area contributed by atoms with E-state index in [-0.39, 0.29) is 17.8 Å².